The third-order valence-electron chi connectivity index (χ3n) is 11.1. The highest BCUT2D eigenvalue weighted by Crippen LogP contribution is 2.34. The monoisotopic (exact) mass is 706 g/mol. The van der Waals surface area contributed by atoms with E-state index in [2.05, 4.69) is 29.8 Å². The zero-order chi connectivity index (χ0) is 35.9. The first-order valence-corrected chi connectivity index (χ1v) is 20.1. The number of nitrogens with zero attached hydrogens (tertiary/aromatic N) is 2. The summed E-state index contributed by atoms with van der Waals surface area (Å²) in [4.78, 5) is 68.7. The molecule has 0 bridgehead atoms. The minimum atomic E-state index is -1.08. The fraction of sp³-hybridized carbons (Fsp3) is 0.861. The minimum absolute atomic E-state index is 0.146. The molecule has 0 aromatic rings. The summed E-state index contributed by atoms with van der Waals surface area (Å²) < 4.78 is 14.8. The zero-order valence-electron chi connectivity index (χ0n) is 30.5. The van der Waals surface area contributed by atoms with E-state index in [1.807, 2.05) is 25.1 Å². The van der Waals surface area contributed by atoms with Crippen molar-refractivity contribution in [2.45, 2.75) is 142 Å². The lowest BCUT2D eigenvalue weighted by atomic mass is 9.80. The van der Waals surface area contributed by atoms with Crippen LogP contribution < -0.4 is 21.7 Å². The Bertz CT molecular complexity index is 1210. The van der Waals surface area contributed by atoms with E-state index in [1.54, 1.807) is 4.90 Å². The molecule has 5 amide bonds. The van der Waals surface area contributed by atoms with Gasteiger partial charge >= 0.3 is 6.03 Å². The van der Waals surface area contributed by atoms with Crippen molar-refractivity contribution in [2.24, 2.45) is 34.8 Å². The summed E-state index contributed by atoms with van der Waals surface area (Å²) in [6.45, 7) is 11.4. The summed E-state index contributed by atoms with van der Waals surface area (Å²) in [6.07, 6.45) is 11.9. The number of Topliss-reactive ketones (excluding diaryl/α,β-unsaturated/α-hetero) is 1. The molecule has 0 aromatic heterocycles. The van der Waals surface area contributed by atoms with Crippen molar-refractivity contribution in [1.82, 2.24) is 25.2 Å². The van der Waals surface area contributed by atoms with Gasteiger partial charge in [-0.2, -0.15) is 0 Å². The Morgan fingerprint density at radius 3 is 2.10 bits per heavy atom. The van der Waals surface area contributed by atoms with Crippen LogP contribution in [-0.4, -0.2) is 92.5 Å². The maximum Gasteiger partial charge on any atom is 0.315 e. The summed E-state index contributed by atoms with van der Waals surface area (Å²) in [6, 6.07) is -3.46. The molecule has 2 unspecified atom stereocenters. The fourth-order valence-electron chi connectivity index (χ4n) is 8.18. The Kier molecular flexibility index (Phi) is 14.1. The predicted octanol–water partition coefficient (Wildman–Crippen LogP) is 3.40. The number of rotatable bonds is 14. The molecular weight excluding hydrogens is 644 g/mol. The number of urea groups is 1. The van der Waals surface area contributed by atoms with Gasteiger partial charge in [0.05, 0.1) is 17.0 Å². The van der Waals surface area contributed by atoms with Gasteiger partial charge in [0.15, 0.2) is 0 Å². The van der Waals surface area contributed by atoms with Gasteiger partial charge in [-0.05, 0) is 74.0 Å². The largest absolute Gasteiger partial charge is 0.363 e. The molecule has 2 heterocycles. The van der Waals surface area contributed by atoms with Crippen molar-refractivity contribution in [3.05, 3.63) is 0 Å². The number of hydrogen-bond acceptors (Lipinski definition) is 6. The van der Waals surface area contributed by atoms with E-state index in [4.69, 9.17) is 5.73 Å². The highest BCUT2D eigenvalue weighted by atomic mass is 32.2. The van der Waals surface area contributed by atoms with Gasteiger partial charge in [0.1, 0.15) is 12.1 Å². The lowest BCUT2D eigenvalue weighted by Gasteiger charge is -2.38. The Labute approximate surface area is 295 Å². The molecule has 2 saturated heterocycles. The lowest BCUT2D eigenvalue weighted by molar-refractivity contribution is -0.144. The molecule has 5 N–H and O–H groups in total. The third kappa shape index (κ3) is 10.7. The number of nitrogens with one attached hydrogen (secondary N) is 3. The molecule has 2 aliphatic heterocycles. The number of likely N-dealkylation sites (tertiary alicyclic amines) is 1. The normalized spacial score (nSPS) is 26.0. The highest BCUT2D eigenvalue weighted by Gasteiger charge is 2.47. The number of primary amides is 1. The van der Waals surface area contributed by atoms with Crippen LogP contribution >= 0.6 is 0 Å². The Balaban J connectivity index is 1.52. The first kappa shape index (κ1) is 39.2. The number of carbonyl (C=O) groups is 5. The smallest absolute Gasteiger partial charge is 0.315 e. The zero-order valence-corrected chi connectivity index (χ0v) is 31.3. The molecule has 0 radical (unpaired) electrons. The van der Waals surface area contributed by atoms with Gasteiger partial charge in [0.2, 0.25) is 17.6 Å². The van der Waals surface area contributed by atoms with Crippen molar-refractivity contribution in [3.63, 3.8) is 0 Å². The van der Waals surface area contributed by atoms with Gasteiger partial charge < -0.3 is 26.6 Å². The van der Waals surface area contributed by atoms with E-state index in [-0.39, 0.29) is 35.6 Å². The van der Waals surface area contributed by atoms with Gasteiger partial charge in [-0.15, -0.1) is 0 Å². The Morgan fingerprint density at radius 1 is 0.837 bits per heavy atom. The molecule has 2 saturated carbocycles. The second kappa shape index (κ2) is 17.6. The van der Waals surface area contributed by atoms with Crippen LogP contribution in [0.4, 0.5) is 4.79 Å². The van der Waals surface area contributed by atoms with Gasteiger partial charge in [0, 0.05) is 31.4 Å². The standard InChI is InChI=1S/C36H62N6O6S/c1-23(2)20-26-16-18-42(29(26)33(45)38-27(30(43)32(37)44)21-24-12-11-13-24)34(46)31(36(3,4)5)40-35(47)39-28(25-14-7-6-8-15-25)22-41-17-9-10-19-49(41)48/h23-29,31H,6-22H2,1-5H3,(H2,37,44)(H,38,45)(H2,39,40,47)/t26-,27?,28-,29+,31-,49?/m1/s1. The number of hydrogen-bond donors (Lipinski definition) is 4. The summed E-state index contributed by atoms with van der Waals surface area (Å²) in [5.41, 5.74) is 4.69. The number of amides is 5. The second-order valence-electron chi connectivity index (χ2n) is 16.5. The van der Waals surface area contributed by atoms with Crippen LogP contribution in [0.1, 0.15) is 118 Å². The summed E-state index contributed by atoms with van der Waals surface area (Å²) in [7, 11) is -1.06. The van der Waals surface area contributed by atoms with Crippen LogP contribution in [0.15, 0.2) is 0 Å². The van der Waals surface area contributed by atoms with Gasteiger partial charge in [0.25, 0.3) is 5.91 Å². The SMILES string of the molecule is CC(C)C[C@H]1CCN(C(=O)[C@@H](NC(=O)N[C@H](CN2CCCCS2=O)C2CCCCC2)C(C)(C)C)[C@@H]1C(=O)NC(CC1CCC1)C(=O)C(N)=O. The molecule has 2 aliphatic carbocycles. The van der Waals surface area contributed by atoms with Gasteiger partial charge in [-0.25, -0.2) is 13.3 Å². The third-order valence-corrected chi connectivity index (χ3v) is 12.7. The van der Waals surface area contributed by atoms with Crippen LogP contribution in [0.2, 0.25) is 0 Å². The van der Waals surface area contributed by atoms with Crippen molar-refractivity contribution >= 4 is 40.5 Å². The highest BCUT2D eigenvalue weighted by molar-refractivity contribution is 7.82. The summed E-state index contributed by atoms with van der Waals surface area (Å²) >= 11 is 0. The van der Waals surface area contributed by atoms with E-state index >= 15 is 0 Å². The van der Waals surface area contributed by atoms with Crippen molar-refractivity contribution in [1.29, 1.82) is 0 Å². The van der Waals surface area contributed by atoms with E-state index in [0.29, 0.717) is 38.1 Å². The number of nitrogens with two attached hydrogens (primary N) is 1. The maximum atomic E-state index is 14.5. The molecular formula is C36H62N6O6S. The van der Waals surface area contributed by atoms with Crippen molar-refractivity contribution in [3.8, 4) is 0 Å². The average molecular weight is 707 g/mol. The molecule has 4 fully saturated rings. The van der Waals surface area contributed by atoms with Crippen LogP contribution in [0.3, 0.4) is 0 Å². The molecule has 13 heteroatoms. The van der Waals surface area contributed by atoms with Crippen LogP contribution in [0.5, 0.6) is 0 Å². The fourth-order valence-corrected chi connectivity index (χ4v) is 9.55. The molecule has 4 aliphatic rings. The first-order chi connectivity index (χ1) is 23.1. The van der Waals surface area contributed by atoms with Gasteiger partial charge in [-0.3, -0.25) is 19.2 Å². The Morgan fingerprint density at radius 2 is 1.53 bits per heavy atom. The van der Waals surface area contributed by atoms with E-state index < -0.39 is 58.2 Å². The van der Waals surface area contributed by atoms with Gasteiger partial charge in [-0.1, -0.05) is 73.1 Å². The van der Waals surface area contributed by atoms with E-state index in [0.717, 1.165) is 64.3 Å². The van der Waals surface area contributed by atoms with Crippen LogP contribution in [-0.2, 0) is 30.2 Å². The molecule has 0 spiro atoms. The first-order valence-electron chi connectivity index (χ1n) is 18.8. The average Bonchev–Trinajstić information content (AvgIpc) is 3.43. The summed E-state index contributed by atoms with van der Waals surface area (Å²) in [5, 5.41) is 9.03. The van der Waals surface area contributed by atoms with E-state index in [1.165, 1.54) is 6.42 Å². The quantitative estimate of drug-likeness (QED) is 0.202. The minimum Gasteiger partial charge on any atom is -0.363 e. The molecule has 12 nitrogen and oxygen atoms in total. The second-order valence-corrected chi connectivity index (χ2v) is 18.1. The molecule has 6 atom stereocenters. The molecule has 278 valence electrons. The number of ketones is 1. The molecule has 0 aromatic carbocycles. The topological polar surface area (TPSA) is 171 Å². The van der Waals surface area contributed by atoms with Crippen molar-refractivity contribution in [2.75, 3.05) is 25.4 Å². The Hall–Kier alpha value is -2.54. The number of carbonyl (C=O) groups excluding carboxylic acids is 5. The molecule has 49 heavy (non-hydrogen) atoms. The summed E-state index contributed by atoms with van der Waals surface area (Å²) in [5.74, 6) is -1.44. The predicted molar refractivity (Wildman–Crippen MR) is 190 cm³/mol. The molecule has 4 rings (SSSR count). The maximum absolute atomic E-state index is 14.5. The lowest BCUT2D eigenvalue weighted by Crippen LogP contribution is -2.62. The van der Waals surface area contributed by atoms with Crippen LogP contribution in [0, 0.1) is 29.1 Å². The van der Waals surface area contributed by atoms with E-state index in [9.17, 15) is 28.2 Å². The van der Waals surface area contributed by atoms with Crippen molar-refractivity contribution < 1.29 is 28.2 Å². The van der Waals surface area contributed by atoms with Crippen LogP contribution in [0.25, 0.3) is 0 Å².